The van der Waals surface area contributed by atoms with Crippen LogP contribution in [0.25, 0.3) is 10.8 Å². The Kier molecular flexibility index (Phi) is 3.88. The van der Waals surface area contributed by atoms with Gasteiger partial charge in [-0.25, -0.2) is 8.42 Å². The Bertz CT molecular complexity index is 834. The fourth-order valence-electron chi connectivity index (χ4n) is 2.74. The molecule has 22 heavy (non-hydrogen) atoms. The molecule has 1 N–H and O–H groups in total. The van der Waals surface area contributed by atoms with E-state index in [1.54, 1.807) is 12.1 Å². The molecule has 1 fully saturated rings. The highest BCUT2D eigenvalue weighted by molar-refractivity contribution is 7.89. The van der Waals surface area contributed by atoms with Gasteiger partial charge in [0.2, 0.25) is 10.0 Å². The summed E-state index contributed by atoms with van der Waals surface area (Å²) in [5.41, 5.74) is 0. The van der Waals surface area contributed by atoms with Gasteiger partial charge in [0.15, 0.2) is 0 Å². The summed E-state index contributed by atoms with van der Waals surface area (Å²) in [6.45, 7) is 0.106. The van der Waals surface area contributed by atoms with E-state index in [1.807, 2.05) is 24.3 Å². The van der Waals surface area contributed by atoms with Gasteiger partial charge in [-0.05, 0) is 29.3 Å². The quantitative estimate of drug-likeness (QED) is 0.840. The van der Waals surface area contributed by atoms with Gasteiger partial charge in [-0.1, -0.05) is 30.3 Å². The van der Waals surface area contributed by atoms with Gasteiger partial charge >= 0.3 is 5.97 Å². The fourth-order valence-corrected chi connectivity index (χ4v) is 4.90. The first-order valence-corrected chi connectivity index (χ1v) is 8.77. The van der Waals surface area contributed by atoms with Gasteiger partial charge in [0.1, 0.15) is 6.04 Å². The van der Waals surface area contributed by atoms with Gasteiger partial charge in [-0.15, -0.1) is 0 Å². The molecule has 1 saturated heterocycles. The highest BCUT2D eigenvalue weighted by atomic mass is 32.2. The summed E-state index contributed by atoms with van der Waals surface area (Å²) in [4.78, 5) is 11.4. The number of fused-ring (bicyclic) bond motifs is 1. The van der Waals surface area contributed by atoms with Crippen LogP contribution in [0.4, 0.5) is 0 Å². The first-order chi connectivity index (χ1) is 10.4. The first-order valence-electron chi connectivity index (χ1n) is 6.81. The number of carbonyl (C=O) groups is 1. The van der Waals surface area contributed by atoms with Gasteiger partial charge in [-0.2, -0.15) is 16.9 Å². The summed E-state index contributed by atoms with van der Waals surface area (Å²) in [5.74, 6) is -1.14. The molecule has 1 aliphatic rings. The molecule has 0 aromatic heterocycles. The van der Waals surface area contributed by atoms with Crippen molar-refractivity contribution in [2.24, 2.45) is 0 Å². The van der Waals surface area contributed by atoms with E-state index in [0.717, 1.165) is 15.1 Å². The standard InChI is InChI=1S/C15H15NO4S2/c17-15(18)14-8-12(21)9-16(14)22(19,20)13-6-5-10-3-1-2-4-11(10)7-13/h1-7,12,14,21H,8-9H2,(H,17,18). The van der Waals surface area contributed by atoms with Crippen LogP contribution >= 0.6 is 12.6 Å². The van der Waals surface area contributed by atoms with Crippen LogP contribution in [0.3, 0.4) is 0 Å². The van der Waals surface area contributed by atoms with Crippen molar-refractivity contribution in [3.05, 3.63) is 42.5 Å². The zero-order valence-electron chi connectivity index (χ0n) is 11.6. The summed E-state index contributed by atoms with van der Waals surface area (Å²) in [6, 6.07) is 11.2. The minimum Gasteiger partial charge on any atom is -0.480 e. The number of benzene rings is 2. The molecule has 0 amide bonds. The van der Waals surface area contributed by atoms with E-state index in [0.29, 0.717) is 0 Å². The smallest absolute Gasteiger partial charge is 0.322 e. The predicted molar refractivity (Wildman–Crippen MR) is 86.7 cm³/mol. The third-order valence-corrected chi connectivity index (χ3v) is 6.09. The van der Waals surface area contributed by atoms with Gasteiger partial charge in [-0.3, -0.25) is 4.79 Å². The van der Waals surface area contributed by atoms with E-state index in [2.05, 4.69) is 12.6 Å². The van der Waals surface area contributed by atoms with E-state index in [9.17, 15) is 18.3 Å². The Morgan fingerprint density at radius 1 is 1.18 bits per heavy atom. The third kappa shape index (κ3) is 2.60. The molecule has 7 heteroatoms. The van der Waals surface area contributed by atoms with Crippen LogP contribution in [0.2, 0.25) is 0 Å². The van der Waals surface area contributed by atoms with E-state index >= 15 is 0 Å². The topological polar surface area (TPSA) is 74.7 Å². The average Bonchev–Trinajstić information content (AvgIpc) is 2.90. The Morgan fingerprint density at radius 2 is 1.86 bits per heavy atom. The molecule has 1 heterocycles. The van der Waals surface area contributed by atoms with E-state index in [-0.39, 0.29) is 23.1 Å². The number of hydrogen-bond donors (Lipinski definition) is 2. The van der Waals surface area contributed by atoms with Crippen molar-refractivity contribution in [3.8, 4) is 0 Å². The lowest BCUT2D eigenvalue weighted by Gasteiger charge is -2.21. The van der Waals surface area contributed by atoms with Crippen molar-refractivity contribution < 1.29 is 18.3 Å². The molecule has 0 aliphatic carbocycles. The number of rotatable bonds is 3. The van der Waals surface area contributed by atoms with Crippen LogP contribution in [-0.2, 0) is 14.8 Å². The second-order valence-corrected chi connectivity index (χ2v) is 7.95. The van der Waals surface area contributed by atoms with Crippen molar-refractivity contribution in [3.63, 3.8) is 0 Å². The molecular weight excluding hydrogens is 322 g/mol. The lowest BCUT2D eigenvalue weighted by Crippen LogP contribution is -2.40. The Morgan fingerprint density at radius 3 is 2.55 bits per heavy atom. The average molecular weight is 337 g/mol. The molecule has 3 rings (SSSR count). The van der Waals surface area contributed by atoms with E-state index in [4.69, 9.17) is 0 Å². The van der Waals surface area contributed by atoms with Crippen LogP contribution in [0.1, 0.15) is 6.42 Å². The van der Waals surface area contributed by atoms with E-state index in [1.165, 1.54) is 6.07 Å². The molecular formula is C15H15NO4S2. The lowest BCUT2D eigenvalue weighted by atomic mass is 10.1. The number of nitrogens with zero attached hydrogens (tertiary/aromatic N) is 1. The number of carboxylic acid groups (broad SMARTS) is 1. The Hall–Kier alpha value is -1.57. The summed E-state index contributed by atoms with van der Waals surface area (Å²) < 4.78 is 26.6. The normalized spacial score (nSPS) is 23.0. The van der Waals surface area contributed by atoms with Crippen LogP contribution in [-0.4, -0.2) is 41.6 Å². The summed E-state index contributed by atoms with van der Waals surface area (Å²) in [5, 5.41) is 10.7. The van der Waals surface area contributed by atoms with Crippen molar-refractivity contribution in [1.82, 2.24) is 4.31 Å². The third-order valence-electron chi connectivity index (χ3n) is 3.85. The van der Waals surface area contributed by atoms with Crippen molar-refractivity contribution in [1.29, 1.82) is 0 Å². The number of thiol groups is 1. The highest BCUT2D eigenvalue weighted by Gasteiger charge is 2.43. The molecule has 2 unspecified atom stereocenters. The number of carboxylic acids is 1. The number of hydrogen-bond acceptors (Lipinski definition) is 4. The second kappa shape index (κ2) is 5.57. The molecule has 116 valence electrons. The van der Waals surface area contributed by atoms with Gasteiger partial charge in [0.25, 0.3) is 0 Å². The molecule has 0 saturated carbocycles. The summed E-state index contributed by atoms with van der Waals surface area (Å²) in [6.07, 6.45) is 0.214. The van der Waals surface area contributed by atoms with Crippen LogP contribution in [0, 0.1) is 0 Å². The maximum atomic E-state index is 12.8. The molecule has 0 radical (unpaired) electrons. The van der Waals surface area contributed by atoms with Crippen LogP contribution in [0.15, 0.2) is 47.4 Å². The van der Waals surface area contributed by atoms with Crippen molar-refractivity contribution in [2.75, 3.05) is 6.54 Å². The van der Waals surface area contributed by atoms with Gasteiger partial charge in [0.05, 0.1) is 4.90 Å². The maximum Gasteiger partial charge on any atom is 0.322 e. The van der Waals surface area contributed by atoms with Gasteiger partial charge < -0.3 is 5.11 Å². The van der Waals surface area contributed by atoms with E-state index < -0.39 is 22.0 Å². The second-order valence-electron chi connectivity index (χ2n) is 5.33. The number of sulfonamides is 1. The zero-order valence-corrected chi connectivity index (χ0v) is 13.3. The van der Waals surface area contributed by atoms with Crippen molar-refractivity contribution >= 4 is 39.4 Å². The molecule has 2 aromatic carbocycles. The minimum atomic E-state index is -3.85. The largest absolute Gasteiger partial charge is 0.480 e. The SMILES string of the molecule is O=C(O)C1CC(S)CN1S(=O)(=O)c1ccc2ccccc2c1. The highest BCUT2D eigenvalue weighted by Crippen LogP contribution is 2.30. The van der Waals surface area contributed by atoms with Crippen LogP contribution in [0.5, 0.6) is 0 Å². The molecule has 1 aliphatic heterocycles. The Labute approximate surface area is 134 Å². The lowest BCUT2D eigenvalue weighted by molar-refractivity contribution is -0.140. The van der Waals surface area contributed by atoms with Gasteiger partial charge in [0, 0.05) is 11.8 Å². The monoisotopic (exact) mass is 337 g/mol. The fraction of sp³-hybridized carbons (Fsp3) is 0.267. The number of aliphatic carboxylic acids is 1. The molecule has 2 atom stereocenters. The molecule has 0 bridgehead atoms. The molecule has 0 spiro atoms. The molecule has 2 aromatic rings. The first kappa shape index (κ1) is 15.3. The molecule has 5 nitrogen and oxygen atoms in total. The van der Waals surface area contributed by atoms with Crippen LogP contribution < -0.4 is 0 Å². The summed E-state index contributed by atoms with van der Waals surface area (Å²) in [7, 11) is -3.85. The summed E-state index contributed by atoms with van der Waals surface area (Å²) >= 11 is 4.24. The minimum absolute atomic E-state index is 0.106. The zero-order chi connectivity index (χ0) is 15.9. The predicted octanol–water partition coefficient (Wildman–Crippen LogP) is 1.99. The Balaban J connectivity index is 2.05. The van der Waals surface area contributed by atoms with Crippen molar-refractivity contribution in [2.45, 2.75) is 22.6 Å². The maximum absolute atomic E-state index is 12.8.